The van der Waals surface area contributed by atoms with Crippen LogP contribution >= 0.6 is 0 Å². The van der Waals surface area contributed by atoms with E-state index >= 15 is 0 Å². The van der Waals surface area contributed by atoms with Gasteiger partial charge in [-0.25, -0.2) is 0 Å². The lowest BCUT2D eigenvalue weighted by Crippen LogP contribution is -2.51. The van der Waals surface area contributed by atoms with E-state index in [2.05, 4.69) is 42.3 Å². The Hall–Kier alpha value is -1.02. The summed E-state index contributed by atoms with van der Waals surface area (Å²) in [5.41, 5.74) is 4.20. The molecule has 0 amide bonds. The third-order valence-corrected chi connectivity index (χ3v) is 4.06. The van der Waals surface area contributed by atoms with Crippen LogP contribution in [0, 0.1) is 25.7 Å². The molecule has 2 aliphatic heterocycles. The first-order valence-corrected chi connectivity index (χ1v) is 6.74. The van der Waals surface area contributed by atoms with Crippen LogP contribution in [-0.4, -0.2) is 26.2 Å². The Morgan fingerprint density at radius 2 is 1.59 bits per heavy atom. The molecule has 2 atom stereocenters. The fourth-order valence-electron chi connectivity index (χ4n) is 3.45. The minimum Gasteiger partial charge on any atom is -0.371 e. The molecule has 0 aromatic heterocycles. The first-order chi connectivity index (χ1) is 8.20. The molecular weight excluding hydrogens is 208 g/mol. The Morgan fingerprint density at radius 1 is 1.00 bits per heavy atom. The van der Waals surface area contributed by atoms with E-state index in [1.54, 1.807) is 0 Å². The molecule has 2 aliphatic rings. The summed E-state index contributed by atoms with van der Waals surface area (Å²) in [5, 5.41) is 3.55. The van der Waals surface area contributed by atoms with Crippen LogP contribution in [0.15, 0.2) is 18.2 Å². The van der Waals surface area contributed by atoms with Gasteiger partial charge in [0, 0.05) is 18.8 Å². The zero-order valence-electron chi connectivity index (χ0n) is 10.9. The second-order valence-electron chi connectivity index (χ2n) is 5.88. The number of rotatable bonds is 1. The molecule has 0 spiro atoms. The highest BCUT2D eigenvalue weighted by atomic mass is 15.2. The second kappa shape index (κ2) is 4.34. The Kier molecular flexibility index (Phi) is 2.83. The minimum absolute atomic E-state index is 0.850. The normalized spacial score (nSPS) is 28.2. The standard InChI is InChI=1S/C15H22N2/c1-11-3-12(2)5-15(4-11)17-9-13-6-14(10-17)8-16-7-13/h3-5,13-14,16H,6-10H2,1-2H3. The van der Waals surface area contributed by atoms with Crippen LogP contribution in [0.1, 0.15) is 17.5 Å². The van der Waals surface area contributed by atoms with Gasteiger partial charge in [-0.1, -0.05) is 6.07 Å². The maximum absolute atomic E-state index is 3.55. The lowest BCUT2D eigenvalue weighted by molar-refractivity contribution is 0.250. The number of hydrogen-bond donors (Lipinski definition) is 1. The van der Waals surface area contributed by atoms with E-state index in [9.17, 15) is 0 Å². The topological polar surface area (TPSA) is 15.3 Å². The van der Waals surface area contributed by atoms with Gasteiger partial charge in [-0.15, -0.1) is 0 Å². The summed E-state index contributed by atoms with van der Waals surface area (Å²) in [4.78, 5) is 2.60. The maximum Gasteiger partial charge on any atom is 0.0371 e. The van der Waals surface area contributed by atoms with E-state index in [4.69, 9.17) is 0 Å². The SMILES string of the molecule is Cc1cc(C)cc(N2CC3CNCC(C3)C2)c1. The van der Waals surface area contributed by atoms with Crippen LogP contribution in [0.3, 0.4) is 0 Å². The molecular formula is C15H22N2. The quantitative estimate of drug-likeness (QED) is 0.796. The largest absolute Gasteiger partial charge is 0.371 e. The summed E-state index contributed by atoms with van der Waals surface area (Å²) in [6.45, 7) is 9.26. The molecule has 0 aliphatic carbocycles. The molecule has 1 N–H and O–H groups in total. The van der Waals surface area contributed by atoms with Crippen molar-refractivity contribution in [1.82, 2.24) is 5.32 Å². The Morgan fingerprint density at radius 3 is 2.18 bits per heavy atom. The molecule has 0 saturated carbocycles. The van der Waals surface area contributed by atoms with Crippen molar-refractivity contribution in [3.63, 3.8) is 0 Å². The molecule has 2 nitrogen and oxygen atoms in total. The average Bonchev–Trinajstić information content (AvgIpc) is 2.27. The van der Waals surface area contributed by atoms with Crippen LogP contribution in [-0.2, 0) is 0 Å². The van der Waals surface area contributed by atoms with E-state index in [0.717, 1.165) is 11.8 Å². The number of nitrogens with zero attached hydrogens (tertiary/aromatic N) is 1. The van der Waals surface area contributed by atoms with Crippen LogP contribution < -0.4 is 10.2 Å². The van der Waals surface area contributed by atoms with Gasteiger partial charge in [0.25, 0.3) is 0 Å². The zero-order chi connectivity index (χ0) is 11.8. The van der Waals surface area contributed by atoms with Crippen LogP contribution in [0.5, 0.6) is 0 Å². The molecule has 1 aromatic rings. The minimum atomic E-state index is 0.850. The second-order valence-corrected chi connectivity index (χ2v) is 5.88. The summed E-state index contributed by atoms with van der Waals surface area (Å²) in [7, 11) is 0. The number of aryl methyl sites for hydroxylation is 2. The van der Waals surface area contributed by atoms with Gasteiger partial charge >= 0.3 is 0 Å². The fourth-order valence-corrected chi connectivity index (χ4v) is 3.45. The third kappa shape index (κ3) is 2.32. The zero-order valence-corrected chi connectivity index (χ0v) is 10.9. The van der Waals surface area contributed by atoms with Crippen molar-refractivity contribution in [2.75, 3.05) is 31.1 Å². The lowest BCUT2D eigenvalue weighted by atomic mass is 9.85. The first-order valence-electron chi connectivity index (χ1n) is 6.74. The van der Waals surface area contributed by atoms with Crippen molar-refractivity contribution in [2.24, 2.45) is 11.8 Å². The fraction of sp³-hybridized carbons (Fsp3) is 0.600. The summed E-state index contributed by atoms with van der Waals surface area (Å²) >= 11 is 0. The summed E-state index contributed by atoms with van der Waals surface area (Å²) < 4.78 is 0. The molecule has 92 valence electrons. The highest BCUT2D eigenvalue weighted by Gasteiger charge is 2.30. The molecule has 2 unspecified atom stereocenters. The molecule has 1 aromatic carbocycles. The Bertz CT molecular complexity index is 381. The van der Waals surface area contributed by atoms with Gasteiger partial charge < -0.3 is 10.2 Å². The summed E-state index contributed by atoms with van der Waals surface area (Å²) in [6.07, 6.45) is 1.42. The van der Waals surface area contributed by atoms with Gasteiger partial charge in [0.2, 0.25) is 0 Å². The van der Waals surface area contributed by atoms with Gasteiger partial charge in [-0.05, 0) is 68.5 Å². The first kappa shape index (κ1) is 11.1. The van der Waals surface area contributed by atoms with Gasteiger partial charge in [0.1, 0.15) is 0 Å². The predicted molar refractivity (Wildman–Crippen MR) is 72.6 cm³/mol. The van der Waals surface area contributed by atoms with Gasteiger partial charge in [-0.2, -0.15) is 0 Å². The monoisotopic (exact) mass is 230 g/mol. The molecule has 2 saturated heterocycles. The highest BCUT2D eigenvalue weighted by Crippen LogP contribution is 2.29. The smallest absolute Gasteiger partial charge is 0.0371 e. The molecule has 2 fully saturated rings. The van der Waals surface area contributed by atoms with Crippen molar-refractivity contribution in [3.8, 4) is 0 Å². The summed E-state index contributed by atoms with van der Waals surface area (Å²) in [5.74, 6) is 1.70. The van der Waals surface area contributed by atoms with Crippen molar-refractivity contribution < 1.29 is 0 Å². The van der Waals surface area contributed by atoms with E-state index in [1.807, 2.05) is 0 Å². The molecule has 3 rings (SSSR count). The number of benzene rings is 1. The van der Waals surface area contributed by atoms with Gasteiger partial charge in [0.05, 0.1) is 0 Å². The number of nitrogens with one attached hydrogen (secondary N) is 1. The predicted octanol–water partition coefficient (Wildman–Crippen LogP) is 2.35. The number of anilines is 1. The van der Waals surface area contributed by atoms with Crippen molar-refractivity contribution in [3.05, 3.63) is 29.3 Å². The highest BCUT2D eigenvalue weighted by molar-refractivity contribution is 5.51. The van der Waals surface area contributed by atoms with Gasteiger partial charge in [0.15, 0.2) is 0 Å². The van der Waals surface area contributed by atoms with Crippen molar-refractivity contribution >= 4 is 5.69 Å². The van der Waals surface area contributed by atoms with Gasteiger partial charge in [-0.3, -0.25) is 0 Å². The molecule has 2 bridgehead atoms. The average molecular weight is 230 g/mol. The van der Waals surface area contributed by atoms with Crippen molar-refractivity contribution in [2.45, 2.75) is 20.3 Å². The molecule has 2 heterocycles. The lowest BCUT2D eigenvalue weighted by Gasteiger charge is -2.43. The van der Waals surface area contributed by atoms with E-state index in [-0.39, 0.29) is 0 Å². The third-order valence-electron chi connectivity index (χ3n) is 4.06. The van der Waals surface area contributed by atoms with Crippen LogP contribution in [0.2, 0.25) is 0 Å². The van der Waals surface area contributed by atoms with Crippen molar-refractivity contribution in [1.29, 1.82) is 0 Å². The van der Waals surface area contributed by atoms with E-state index < -0.39 is 0 Å². The van der Waals surface area contributed by atoms with E-state index in [0.29, 0.717) is 0 Å². The number of hydrogen-bond acceptors (Lipinski definition) is 2. The Labute approximate surface area is 104 Å². The molecule has 17 heavy (non-hydrogen) atoms. The van der Waals surface area contributed by atoms with E-state index in [1.165, 1.54) is 49.4 Å². The number of fused-ring (bicyclic) bond motifs is 2. The Balaban J connectivity index is 1.83. The maximum atomic E-state index is 3.55. The number of piperidine rings is 2. The van der Waals surface area contributed by atoms with Crippen LogP contribution in [0.25, 0.3) is 0 Å². The summed E-state index contributed by atoms with van der Waals surface area (Å²) in [6, 6.07) is 6.93. The van der Waals surface area contributed by atoms with Crippen LogP contribution in [0.4, 0.5) is 5.69 Å². The molecule has 0 radical (unpaired) electrons. The molecule has 2 heteroatoms.